The molecule has 2 atom stereocenters. The van der Waals surface area contributed by atoms with Crippen LogP contribution in [0.15, 0.2) is 65.5 Å². The third-order valence-electron chi connectivity index (χ3n) is 7.88. The number of aromatic nitrogens is 3. The van der Waals surface area contributed by atoms with Crippen LogP contribution in [-0.4, -0.2) is 56.9 Å². The largest absolute Gasteiger partial charge is 0.497 e. The maximum atomic E-state index is 14.4. The molecule has 0 fully saturated rings. The Kier molecular flexibility index (Phi) is 11.2. The number of hydrogen-bond donors (Lipinski definition) is 1. The summed E-state index contributed by atoms with van der Waals surface area (Å²) in [5.41, 5.74) is 2.11. The fourth-order valence-electron chi connectivity index (χ4n) is 5.41. The molecule has 0 aliphatic rings. The highest BCUT2D eigenvalue weighted by atomic mass is 35.5. The standard InChI is InChI=1S/C35H44ClN5O5/c1-8-23(2)31(29-21-28-30(36)24(3)38-41(28)34(44)40(29)22-25-13-10-9-11-14-25)39(20-12-19-37-33(43)46-35(4,5)6)32(42)26-15-17-27(45-7)18-16-26/h9-11,13-18,21,23,31H,8,12,19-20,22H2,1-7H3,(H,37,43). The zero-order chi connectivity index (χ0) is 33.6. The van der Waals surface area contributed by atoms with Gasteiger partial charge >= 0.3 is 11.8 Å². The highest BCUT2D eigenvalue weighted by molar-refractivity contribution is 6.34. The van der Waals surface area contributed by atoms with Gasteiger partial charge in [0.15, 0.2) is 0 Å². The van der Waals surface area contributed by atoms with E-state index in [0.29, 0.717) is 46.2 Å². The van der Waals surface area contributed by atoms with Gasteiger partial charge in [-0.15, -0.1) is 0 Å². The lowest BCUT2D eigenvalue weighted by molar-refractivity contribution is 0.0518. The fraction of sp³-hybridized carbons (Fsp3) is 0.429. The highest BCUT2D eigenvalue weighted by Crippen LogP contribution is 2.34. The van der Waals surface area contributed by atoms with E-state index < -0.39 is 17.7 Å². The van der Waals surface area contributed by atoms with Gasteiger partial charge in [-0.2, -0.15) is 9.61 Å². The molecule has 0 spiro atoms. The molecule has 2 aromatic heterocycles. The van der Waals surface area contributed by atoms with Crippen molar-refractivity contribution in [2.24, 2.45) is 5.92 Å². The van der Waals surface area contributed by atoms with Crippen LogP contribution in [0.2, 0.25) is 5.02 Å². The third kappa shape index (κ3) is 8.09. The summed E-state index contributed by atoms with van der Waals surface area (Å²) in [6.07, 6.45) is 0.655. The first kappa shape index (κ1) is 34.6. The normalized spacial score (nSPS) is 12.9. The van der Waals surface area contributed by atoms with E-state index in [4.69, 9.17) is 21.1 Å². The number of benzene rings is 2. The van der Waals surface area contributed by atoms with Gasteiger partial charge in [-0.1, -0.05) is 62.2 Å². The van der Waals surface area contributed by atoms with E-state index >= 15 is 0 Å². The predicted octanol–water partition coefficient (Wildman–Crippen LogP) is 6.66. The molecule has 2 unspecified atom stereocenters. The van der Waals surface area contributed by atoms with Gasteiger partial charge in [0.2, 0.25) is 0 Å². The molecule has 0 saturated carbocycles. The number of carbonyl (C=O) groups excluding carboxylic acids is 2. The van der Waals surface area contributed by atoms with Crippen molar-refractivity contribution in [2.45, 2.75) is 72.6 Å². The number of amides is 2. The van der Waals surface area contributed by atoms with Crippen molar-refractivity contribution in [3.63, 3.8) is 0 Å². The average Bonchev–Trinajstić information content (AvgIpc) is 3.32. The Hall–Kier alpha value is -4.31. The molecule has 2 heterocycles. The monoisotopic (exact) mass is 649 g/mol. The number of fused-ring (bicyclic) bond motifs is 1. The summed E-state index contributed by atoms with van der Waals surface area (Å²) in [4.78, 5) is 42.7. The van der Waals surface area contributed by atoms with Crippen LogP contribution < -0.4 is 15.7 Å². The van der Waals surface area contributed by atoms with E-state index in [2.05, 4.69) is 24.3 Å². The second kappa shape index (κ2) is 14.9. The minimum atomic E-state index is -0.629. The van der Waals surface area contributed by atoms with Crippen LogP contribution in [0.25, 0.3) is 5.52 Å². The first-order valence-electron chi connectivity index (χ1n) is 15.6. The molecule has 4 rings (SSSR count). The minimum absolute atomic E-state index is 0.0623. The number of rotatable bonds is 12. The van der Waals surface area contributed by atoms with Crippen LogP contribution in [0.5, 0.6) is 5.75 Å². The van der Waals surface area contributed by atoms with Gasteiger partial charge in [-0.3, -0.25) is 9.36 Å². The predicted molar refractivity (Wildman–Crippen MR) is 180 cm³/mol. The fourth-order valence-corrected chi connectivity index (χ4v) is 5.58. The summed E-state index contributed by atoms with van der Waals surface area (Å²) in [7, 11) is 1.57. The molecule has 10 nitrogen and oxygen atoms in total. The van der Waals surface area contributed by atoms with Crippen molar-refractivity contribution >= 4 is 29.1 Å². The van der Waals surface area contributed by atoms with Crippen molar-refractivity contribution in [1.29, 1.82) is 0 Å². The molecule has 1 N–H and O–H groups in total. The number of carbonyl (C=O) groups is 2. The number of ether oxygens (including phenoxy) is 2. The quantitative estimate of drug-likeness (QED) is 0.172. The molecule has 0 saturated heterocycles. The lowest BCUT2D eigenvalue weighted by Gasteiger charge is -2.37. The summed E-state index contributed by atoms with van der Waals surface area (Å²) >= 11 is 6.68. The summed E-state index contributed by atoms with van der Waals surface area (Å²) in [5, 5.41) is 7.62. The molecule has 0 aliphatic carbocycles. The number of methoxy groups -OCH3 is 1. The van der Waals surface area contributed by atoms with Crippen molar-refractivity contribution < 1.29 is 19.1 Å². The van der Waals surface area contributed by atoms with E-state index in [1.165, 1.54) is 4.52 Å². The third-order valence-corrected chi connectivity index (χ3v) is 8.34. The molecule has 0 radical (unpaired) electrons. The van der Waals surface area contributed by atoms with E-state index in [1.54, 1.807) is 68.5 Å². The average molecular weight is 650 g/mol. The zero-order valence-corrected chi connectivity index (χ0v) is 28.4. The lowest BCUT2D eigenvalue weighted by atomic mass is 9.92. The van der Waals surface area contributed by atoms with Gasteiger partial charge < -0.3 is 19.7 Å². The van der Waals surface area contributed by atoms with Crippen molar-refractivity contribution in [3.8, 4) is 5.75 Å². The number of alkyl carbamates (subject to hydrolysis) is 1. The molecule has 4 aromatic rings. The zero-order valence-electron chi connectivity index (χ0n) is 27.7. The molecular formula is C35H44ClN5O5. The van der Waals surface area contributed by atoms with Gasteiger partial charge in [0.1, 0.15) is 11.4 Å². The summed E-state index contributed by atoms with van der Waals surface area (Å²) in [6.45, 7) is 12.2. The van der Waals surface area contributed by atoms with Crippen LogP contribution in [-0.2, 0) is 11.3 Å². The van der Waals surface area contributed by atoms with Gasteiger partial charge in [-0.25, -0.2) is 9.59 Å². The Morgan fingerprint density at radius 1 is 1.09 bits per heavy atom. The Morgan fingerprint density at radius 3 is 2.37 bits per heavy atom. The smallest absolute Gasteiger partial charge is 0.407 e. The number of halogens is 1. The summed E-state index contributed by atoms with van der Waals surface area (Å²) < 4.78 is 13.7. The molecule has 2 aromatic carbocycles. The van der Waals surface area contributed by atoms with Gasteiger partial charge in [0.05, 0.1) is 35.9 Å². The Labute approximate surface area is 275 Å². The van der Waals surface area contributed by atoms with E-state index in [9.17, 15) is 14.4 Å². The highest BCUT2D eigenvalue weighted by Gasteiger charge is 2.33. The van der Waals surface area contributed by atoms with Crippen LogP contribution in [0.3, 0.4) is 0 Å². The Balaban J connectivity index is 1.84. The van der Waals surface area contributed by atoms with E-state index in [-0.39, 0.29) is 30.6 Å². The first-order chi connectivity index (χ1) is 21.8. The molecular weight excluding hydrogens is 606 g/mol. The number of nitrogens with zero attached hydrogens (tertiary/aromatic N) is 4. The van der Waals surface area contributed by atoms with Crippen LogP contribution in [0.4, 0.5) is 4.79 Å². The molecule has 46 heavy (non-hydrogen) atoms. The van der Waals surface area contributed by atoms with Gasteiger partial charge in [0, 0.05) is 24.3 Å². The van der Waals surface area contributed by atoms with E-state index in [0.717, 1.165) is 12.0 Å². The van der Waals surface area contributed by atoms with Gasteiger partial charge in [-0.05, 0) is 75.9 Å². The van der Waals surface area contributed by atoms with Crippen molar-refractivity contribution in [3.05, 3.63) is 98.7 Å². The summed E-state index contributed by atoms with van der Waals surface area (Å²) in [6, 6.07) is 18.0. The molecule has 0 bridgehead atoms. The van der Waals surface area contributed by atoms with Crippen LogP contribution in [0, 0.1) is 12.8 Å². The first-order valence-corrected chi connectivity index (χ1v) is 16.0. The second-order valence-corrected chi connectivity index (χ2v) is 12.8. The molecule has 0 aliphatic heterocycles. The Morgan fingerprint density at radius 2 is 1.76 bits per heavy atom. The SMILES string of the molecule is CCC(C)C(c1cc2c(Cl)c(C)nn2c(=O)n1Cc1ccccc1)N(CCCNC(=O)OC(C)(C)C)C(=O)c1ccc(OC)cc1. The van der Waals surface area contributed by atoms with Crippen LogP contribution >= 0.6 is 11.6 Å². The molecule has 11 heteroatoms. The second-order valence-electron chi connectivity index (χ2n) is 12.5. The topological polar surface area (TPSA) is 107 Å². The Bertz CT molecular complexity index is 1710. The maximum Gasteiger partial charge on any atom is 0.407 e. The maximum absolute atomic E-state index is 14.4. The van der Waals surface area contributed by atoms with E-state index in [1.807, 2.05) is 36.4 Å². The molecule has 2 amide bonds. The number of aryl methyl sites for hydroxylation is 1. The molecule has 246 valence electrons. The van der Waals surface area contributed by atoms with Crippen molar-refractivity contribution in [2.75, 3.05) is 20.2 Å². The van der Waals surface area contributed by atoms with Crippen LogP contribution in [0.1, 0.15) is 80.8 Å². The minimum Gasteiger partial charge on any atom is -0.497 e. The summed E-state index contributed by atoms with van der Waals surface area (Å²) in [5.74, 6) is 0.364. The number of hydrogen-bond acceptors (Lipinski definition) is 6. The lowest BCUT2D eigenvalue weighted by Crippen LogP contribution is -2.43. The number of nitrogens with one attached hydrogen (secondary N) is 1. The van der Waals surface area contributed by atoms with Crippen molar-refractivity contribution in [1.82, 2.24) is 24.4 Å². The van der Waals surface area contributed by atoms with Gasteiger partial charge in [0.25, 0.3) is 5.91 Å².